The van der Waals surface area contributed by atoms with E-state index in [1.54, 1.807) is 12.1 Å². The molecule has 0 spiro atoms. The Bertz CT molecular complexity index is 464. The second-order valence-corrected chi connectivity index (χ2v) is 3.40. The fourth-order valence-electron chi connectivity index (χ4n) is 1.51. The second kappa shape index (κ2) is 5.87. The molecule has 0 aromatic heterocycles. The third kappa shape index (κ3) is 2.95. The van der Waals surface area contributed by atoms with Crippen molar-refractivity contribution in [1.82, 2.24) is 0 Å². The van der Waals surface area contributed by atoms with E-state index >= 15 is 0 Å². The fraction of sp³-hybridized carbons (Fsp3) is 0.333. The first kappa shape index (κ1) is 13.0. The Hall–Kier alpha value is -2.06. The molecule has 90 valence electrons. The van der Waals surface area contributed by atoms with Crippen molar-refractivity contribution < 1.29 is 14.3 Å². The van der Waals surface area contributed by atoms with Gasteiger partial charge in [0.1, 0.15) is 11.8 Å². The van der Waals surface area contributed by atoms with E-state index in [1.807, 2.05) is 6.07 Å². The zero-order valence-electron chi connectivity index (χ0n) is 9.82. The number of ether oxygens (including phenoxy) is 2. The van der Waals surface area contributed by atoms with E-state index in [4.69, 9.17) is 15.7 Å². The lowest BCUT2D eigenvalue weighted by molar-refractivity contribution is -0.139. The summed E-state index contributed by atoms with van der Waals surface area (Å²) >= 11 is 0. The van der Waals surface area contributed by atoms with Crippen molar-refractivity contribution >= 4 is 5.97 Å². The highest BCUT2D eigenvalue weighted by atomic mass is 16.5. The van der Waals surface area contributed by atoms with Crippen molar-refractivity contribution in [3.8, 4) is 11.8 Å². The maximum atomic E-state index is 11.2. The minimum absolute atomic E-state index is 0.0313. The van der Waals surface area contributed by atoms with E-state index in [-0.39, 0.29) is 6.42 Å². The predicted octanol–water partition coefficient (Wildman–Crippen LogP) is 0.741. The summed E-state index contributed by atoms with van der Waals surface area (Å²) in [5, 5.41) is 9.07. The molecule has 5 heteroatoms. The summed E-state index contributed by atoms with van der Waals surface area (Å²) in [6.45, 7) is 0.316. The third-order valence-electron chi connectivity index (χ3n) is 2.37. The molecule has 1 aromatic rings. The maximum absolute atomic E-state index is 11.2. The Balaban J connectivity index is 3.25. The number of carbonyl (C=O) groups excluding carboxylic acids is 1. The third-order valence-corrected chi connectivity index (χ3v) is 2.37. The van der Waals surface area contributed by atoms with Crippen LogP contribution in [0, 0.1) is 11.3 Å². The van der Waals surface area contributed by atoms with Crippen LogP contribution in [0.1, 0.15) is 16.7 Å². The number of benzene rings is 1. The van der Waals surface area contributed by atoms with Crippen LogP contribution >= 0.6 is 0 Å². The largest absolute Gasteiger partial charge is 0.495 e. The molecular weight excluding hydrogens is 220 g/mol. The average molecular weight is 234 g/mol. The molecule has 0 aliphatic rings. The number of methoxy groups -OCH3 is 2. The fourth-order valence-corrected chi connectivity index (χ4v) is 1.51. The number of carbonyl (C=O) groups is 1. The molecule has 0 unspecified atom stereocenters. The van der Waals surface area contributed by atoms with Gasteiger partial charge in [0.25, 0.3) is 0 Å². The minimum atomic E-state index is -0.405. The van der Waals surface area contributed by atoms with Crippen LogP contribution in [0.4, 0.5) is 0 Å². The van der Waals surface area contributed by atoms with Crippen molar-refractivity contribution in [2.45, 2.75) is 13.0 Å². The minimum Gasteiger partial charge on any atom is -0.495 e. The van der Waals surface area contributed by atoms with Crippen molar-refractivity contribution in [2.75, 3.05) is 14.2 Å². The highest BCUT2D eigenvalue weighted by molar-refractivity contribution is 5.74. The van der Waals surface area contributed by atoms with Crippen LogP contribution in [0.25, 0.3) is 0 Å². The number of rotatable bonds is 4. The summed E-state index contributed by atoms with van der Waals surface area (Å²) in [6.07, 6.45) is 0.0313. The van der Waals surface area contributed by atoms with Gasteiger partial charge >= 0.3 is 5.97 Å². The zero-order chi connectivity index (χ0) is 12.8. The molecule has 1 aromatic carbocycles. The molecule has 5 nitrogen and oxygen atoms in total. The maximum Gasteiger partial charge on any atom is 0.310 e. The lowest BCUT2D eigenvalue weighted by Crippen LogP contribution is -2.08. The highest BCUT2D eigenvalue weighted by Gasteiger charge is 2.14. The van der Waals surface area contributed by atoms with Gasteiger partial charge in [-0.3, -0.25) is 4.79 Å². The van der Waals surface area contributed by atoms with Crippen LogP contribution in [0.15, 0.2) is 12.1 Å². The van der Waals surface area contributed by atoms with Crippen molar-refractivity contribution in [2.24, 2.45) is 5.73 Å². The molecule has 17 heavy (non-hydrogen) atoms. The van der Waals surface area contributed by atoms with Crippen LogP contribution < -0.4 is 10.5 Å². The molecule has 0 atom stereocenters. The van der Waals surface area contributed by atoms with Gasteiger partial charge in [0.2, 0.25) is 0 Å². The summed E-state index contributed by atoms with van der Waals surface area (Å²) in [5.41, 5.74) is 7.26. The van der Waals surface area contributed by atoms with E-state index in [2.05, 4.69) is 4.74 Å². The van der Waals surface area contributed by atoms with Crippen molar-refractivity contribution in [3.63, 3.8) is 0 Å². The monoisotopic (exact) mass is 234 g/mol. The van der Waals surface area contributed by atoms with Crippen molar-refractivity contribution in [1.29, 1.82) is 5.26 Å². The van der Waals surface area contributed by atoms with E-state index in [1.165, 1.54) is 14.2 Å². The predicted molar refractivity (Wildman–Crippen MR) is 61.3 cm³/mol. The second-order valence-electron chi connectivity index (χ2n) is 3.40. The average Bonchev–Trinajstić information content (AvgIpc) is 2.37. The van der Waals surface area contributed by atoms with E-state index < -0.39 is 5.97 Å². The first-order valence-electron chi connectivity index (χ1n) is 5.03. The van der Waals surface area contributed by atoms with Gasteiger partial charge in [-0.1, -0.05) is 6.07 Å². The molecule has 0 aliphatic carbocycles. The number of hydrogen-bond acceptors (Lipinski definition) is 5. The van der Waals surface area contributed by atoms with Crippen LogP contribution in [0.2, 0.25) is 0 Å². The summed E-state index contributed by atoms with van der Waals surface area (Å²) in [6, 6.07) is 5.44. The Morgan fingerprint density at radius 1 is 1.47 bits per heavy atom. The summed E-state index contributed by atoms with van der Waals surface area (Å²) in [5.74, 6) is 0.0204. The summed E-state index contributed by atoms with van der Waals surface area (Å²) in [7, 11) is 2.77. The molecule has 2 N–H and O–H groups in total. The molecule has 0 radical (unpaired) electrons. The molecule has 0 heterocycles. The first-order valence-corrected chi connectivity index (χ1v) is 5.03. The first-order chi connectivity index (χ1) is 8.15. The molecule has 0 aliphatic heterocycles. The standard InChI is InChI=1S/C12H14N2O3/c1-16-11-4-8(6-13)3-9(10(11)7-14)5-12(15)17-2/h3-4H,5-6,13H2,1-2H3. The van der Waals surface area contributed by atoms with Gasteiger partial charge in [-0.2, -0.15) is 5.26 Å². The Morgan fingerprint density at radius 2 is 2.18 bits per heavy atom. The Kier molecular flexibility index (Phi) is 4.49. The van der Waals surface area contributed by atoms with Gasteiger partial charge < -0.3 is 15.2 Å². The van der Waals surface area contributed by atoms with Crippen LogP contribution in [-0.2, 0) is 22.5 Å². The lowest BCUT2D eigenvalue weighted by Gasteiger charge is -2.10. The van der Waals surface area contributed by atoms with Crippen molar-refractivity contribution in [3.05, 3.63) is 28.8 Å². The molecule has 0 saturated heterocycles. The molecule has 0 saturated carbocycles. The number of nitriles is 1. The summed E-state index contributed by atoms with van der Waals surface area (Å²) in [4.78, 5) is 11.2. The van der Waals surface area contributed by atoms with Crippen LogP contribution in [0.3, 0.4) is 0 Å². The normalized spacial score (nSPS) is 9.53. The van der Waals surface area contributed by atoms with Gasteiger partial charge in [0.05, 0.1) is 26.2 Å². The number of nitrogens with zero attached hydrogens (tertiary/aromatic N) is 1. The number of nitrogens with two attached hydrogens (primary N) is 1. The van der Waals surface area contributed by atoms with Gasteiger partial charge in [-0.25, -0.2) is 0 Å². The molecular formula is C12H14N2O3. The zero-order valence-corrected chi connectivity index (χ0v) is 9.82. The van der Waals surface area contributed by atoms with Gasteiger partial charge in [0, 0.05) is 6.54 Å². The van der Waals surface area contributed by atoms with E-state index in [9.17, 15) is 4.79 Å². The summed E-state index contributed by atoms with van der Waals surface area (Å²) < 4.78 is 9.68. The molecule has 1 rings (SSSR count). The van der Waals surface area contributed by atoms with Gasteiger partial charge in [-0.15, -0.1) is 0 Å². The van der Waals surface area contributed by atoms with Gasteiger partial charge in [0.15, 0.2) is 0 Å². The Labute approximate surface area is 99.7 Å². The smallest absolute Gasteiger partial charge is 0.310 e. The van der Waals surface area contributed by atoms with Crippen LogP contribution in [-0.4, -0.2) is 20.2 Å². The van der Waals surface area contributed by atoms with E-state index in [0.29, 0.717) is 23.4 Å². The number of hydrogen-bond donors (Lipinski definition) is 1. The van der Waals surface area contributed by atoms with Crippen LogP contribution in [0.5, 0.6) is 5.75 Å². The van der Waals surface area contributed by atoms with Gasteiger partial charge in [-0.05, 0) is 17.2 Å². The highest BCUT2D eigenvalue weighted by Crippen LogP contribution is 2.24. The lowest BCUT2D eigenvalue weighted by atomic mass is 10.0. The number of esters is 1. The van der Waals surface area contributed by atoms with E-state index in [0.717, 1.165) is 5.56 Å². The molecule has 0 amide bonds. The SMILES string of the molecule is COC(=O)Cc1cc(CN)cc(OC)c1C#N. The molecule has 0 bridgehead atoms. The Morgan fingerprint density at radius 3 is 2.65 bits per heavy atom. The molecule has 0 fully saturated rings. The quantitative estimate of drug-likeness (QED) is 0.776. The topological polar surface area (TPSA) is 85.3 Å².